The van der Waals surface area contributed by atoms with Crippen molar-refractivity contribution in [2.24, 2.45) is 23.7 Å². The van der Waals surface area contributed by atoms with Crippen LogP contribution in [-0.4, -0.2) is 6.04 Å². The third-order valence-electron chi connectivity index (χ3n) is 5.48. The van der Waals surface area contributed by atoms with Gasteiger partial charge in [-0.05, 0) is 89.9 Å². The molecular formula is C16H19BrFN. The molecule has 0 saturated heterocycles. The van der Waals surface area contributed by atoms with Gasteiger partial charge < -0.3 is 5.32 Å². The minimum atomic E-state index is -0.178. The second kappa shape index (κ2) is 4.47. The maximum absolute atomic E-state index is 13.2. The summed E-state index contributed by atoms with van der Waals surface area (Å²) in [7, 11) is 0. The third-order valence-corrected chi connectivity index (χ3v) is 6.14. The van der Waals surface area contributed by atoms with Crippen molar-refractivity contribution in [2.75, 3.05) is 5.32 Å². The van der Waals surface area contributed by atoms with Crippen molar-refractivity contribution in [3.05, 3.63) is 28.5 Å². The largest absolute Gasteiger partial charge is 0.381 e. The molecule has 19 heavy (non-hydrogen) atoms. The molecule has 102 valence electrons. The fraction of sp³-hybridized carbons (Fsp3) is 0.625. The Balaban J connectivity index is 1.56. The van der Waals surface area contributed by atoms with E-state index in [2.05, 4.69) is 21.2 Å². The van der Waals surface area contributed by atoms with Gasteiger partial charge in [-0.25, -0.2) is 4.39 Å². The van der Waals surface area contributed by atoms with E-state index >= 15 is 0 Å². The lowest BCUT2D eigenvalue weighted by atomic mass is 9.54. The van der Waals surface area contributed by atoms with E-state index in [9.17, 15) is 4.39 Å². The number of benzene rings is 1. The van der Waals surface area contributed by atoms with Crippen LogP contribution in [-0.2, 0) is 0 Å². The van der Waals surface area contributed by atoms with Crippen molar-refractivity contribution in [1.82, 2.24) is 0 Å². The van der Waals surface area contributed by atoms with Crippen molar-refractivity contribution in [3.63, 3.8) is 0 Å². The molecule has 5 rings (SSSR count). The highest BCUT2D eigenvalue weighted by molar-refractivity contribution is 9.10. The summed E-state index contributed by atoms with van der Waals surface area (Å²) in [6.45, 7) is 0. The zero-order valence-corrected chi connectivity index (χ0v) is 12.5. The molecule has 4 aliphatic rings. The first kappa shape index (κ1) is 12.2. The number of hydrogen-bond donors (Lipinski definition) is 1. The Morgan fingerprint density at radius 1 is 1.00 bits per heavy atom. The van der Waals surface area contributed by atoms with Gasteiger partial charge in [0.25, 0.3) is 0 Å². The maximum atomic E-state index is 13.2. The van der Waals surface area contributed by atoms with Crippen LogP contribution in [0.3, 0.4) is 0 Å². The van der Waals surface area contributed by atoms with Crippen LogP contribution in [0.25, 0.3) is 0 Å². The molecule has 1 nitrogen and oxygen atoms in total. The van der Waals surface area contributed by atoms with Crippen molar-refractivity contribution in [3.8, 4) is 0 Å². The number of rotatable bonds is 2. The molecule has 4 aliphatic carbocycles. The predicted octanol–water partition coefficient (Wildman–Crippen LogP) is 4.82. The summed E-state index contributed by atoms with van der Waals surface area (Å²) in [6, 6.07) is 5.57. The number of hydrogen-bond acceptors (Lipinski definition) is 1. The molecule has 0 aromatic heterocycles. The Hall–Kier alpha value is -0.570. The van der Waals surface area contributed by atoms with Gasteiger partial charge in [0.1, 0.15) is 5.82 Å². The highest BCUT2D eigenvalue weighted by atomic mass is 79.9. The second-order valence-electron chi connectivity index (χ2n) is 6.73. The average Bonchev–Trinajstić information content (AvgIpc) is 2.35. The molecule has 4 fully saturated rings. The Morgan fingerprint density at radius 3 is 2.21 bits per heavy atom. The lowest BCUT2D eigenvalue weighted by Crippen LogP contribution is -2.51. The molecule has 0 radical (unpaired) electrons. The molecule has 1 N–H and O–H groups in total. The summed E-state index contributed by atoms with van der Waals surface area (Å²) in [4.78, 5) is 0. The lowest BCUT2D eigenvalue weighted by molar-refractivity contribution is 0.00752. The summed E-state index contributed by atoms with van der Waals surface area (Å²) < 4.78 is 14.0. The molecule has 1 aromatic rings. The molecule has 0 amide bonds. The van der Waals surface area contributed by atoms with Crippen LogP contribution in [0, 0.1) is 29.5 Å². The molecule has 1 aromatic carbocycles. The fourth-order valence-corrected chi connectivity index (χ4v) is 5.41. The Bertz CT molecular complexity index is 474. The summed E-state index contributed by atoms with van der Waals surface area (Å²) in [6.07, 6.45) is 7.11. The number of halogens is 2. The van der Waals surface area contributed by atoms with Crippen LogP contribution < -0.4 is 5.32 Å². The SMILES string of the molecule is Fc1ccc(NC2C3CC4CC(C3)CC2C4)c(Br)c1. The van der Waals surface area contributed by atoms with Crippen molar-refractivity contribution in [1.29, 1.82) is 0 Å². The van der Waals surface area contributed by atoms with E-state index in [0.29, 0.717) is 6.04 Å². The first-order chi connectivity index (χ1) is 9.19. The van der Waals surface area contributed by atoms with E-state index in [1.54, 1.807) is 12.1 Å². The molecule has 0 heterocycles. The van der Waals surface area contributed by atoms with Gasteiger partial charge in [-0.15, -0.1) is 0 Å². The molecule has 0 atom stereocenters. The standard InChI is InChI=1S/C16H19BrFN/c17-14-8-13(18)1-2-15(14)19-16-11-4-9-3-10(6-11)7-12(16)5-9/h1-2,8-12,16,19H,3-7H2. The first-order valence-corrected chi connectivity index (χ1v) is 8.20. The fourth-order valence-electron chi connectivity index (χ4n) is 4.95. The summed E-state index contributed by atoms with van der Waals surface area (Å²) in [5.74, 6) is 3.50. The van der Waals surface area contributed by atoms with Crippen molar-refractivity contribution in [2.45, 2.75) is 38.1 Å². The van der Waals surface area contributed by atoms with Crippen LogP contribution >= 0.6 is 15.9 Å². The monoisotopic (exact) mass is 323 g/mol. The van der Waals surface area contributed by atoms with Crippen LogP contribution in [0.1, 0.15) is 32.1 Å². The van der Waals surface area contributed by atoms with E-state index in [0.717, 1.165) is 33.8 Å². The Morgan fingerprint density at radius 2 is 1.63 bits per heavy atom. The zero-order chi connectivity index (χ0) is 13.0. The molecular weight excluding hydrogens is 305 g/mol. The topological polar surface area (TPSA) is 12.0 Å². The maximum Gasteiger partial charge on any atom is 0.124 e. The normalized spacial score (nSPS) is 39.6. The highest BCUT2D eigenvalue weighted by Gasteiger charge is 2.48. The summed E-state index contributed by atoms with van der Waals surface area (Å²) in [5.41, 5.74) is 1.05. The highest BCUT2D eigenvalue weighted by Crippen LogP contribution is 2.54. The van der Waals surface area contributed by atoms with Crippen LogP contribution in [0.4, 0.5) is 10.1 Å². The minimum absolute atomic E-state index is 0.178. The molecule has 4 bridgehead atoms. The summed E-state index contributed by atoms with van der Waals surface area (Å²) >= 11 is 3.47. The Labute approximate surface area is 122 Å². The van der Waals surface area contributed by atoms with E-state index in [-0.39, 0.29) is 5.82 Å². The summed E-state index contributed by atoms with van der Waals surface area (Å²) in [5, 5.41) is 3.71. The third kappa shape index (κ3) is 2.10. The first-order valence-electron chi connectivity index (χ1n) is 7.40. The van der Waals surface area contributed by atoms with Gasteiger partial charge in [0, 0.05) is 16.2 Å². The van der Waals surface area contributed by atoms with Gasteiger partial charge in [-0.2, -0.15) is 0 Å². The van der Waals surface area contributed by atoms with E-state index in [1.165, 1.54) is 32.1 Å². The van der Waals surface area contributed by atoms with E-state index in [1.807, 2.05) is 6.07 Å². The van der Waals surface area contributed by atoms with Gasteiger partial charge in [-0.3, -0.25) is 0 Å². The average molecular weight is 324 g/mol. The van der Waals surface area contributed by atoms with Gasteiger partial charge in [0.05, 0.1) is 0 Å². The van der Waals surface area contributed by atoms with Crippen molar-refractivity contribution >= 4 is 21.6 Å². The van der Waals surface area contributed by atoms with E-state index in [4.69, 9.17) is 0 Å². The molecule has 3 heteroatoms. The van der Waals surface area contributed by atoms with Gasteiger partial charge in [0.2, 0.25) is 0 Å². The molecule has 0 aliphatic heterocycles. The zero-order valence-electron chi connectivity index (χ0n) is 10.9. The smallest absolute Gasteiger partial charge is 0.124 e. The molecule has 0 unspecified atom stereocenters. The van der Waals surface area contributed by atoms with Crippen LogP contribution in [0.15, 0.2) is 22.7 Å². The van der Waals surface area contributed by atoms with Crippen LogP contribution in [0.2, 0.25) is 0 Å². The van der Waals surface area contributed by atoms with E-state index < -0.39 is 0 Å². The van der Waals surface area contributed by atoms with Gasteiger partial charge >= 0.3 is 0 Å². The second-order valence-corrected chi connectivity index (χ2v) is 7.58. The molecule has 4 saturated carbocycles. The molecule has 0 spiro atoms. The van der Waals surface area contributed by atoms with Gasteiger partial charge in [0.15, 0.2) is 0 Å². The number of nitrogens with one attached hydrogen (secondary N) is 1. The quantitative estimate of drug-likeness (QED) is 0.822. The van der Waals surface area contributed by atoms with Crippen molar-refractivity contribution < 1.29 is 4.39 Å². The Kier molecular flexibility index (Phi) is 2.87. The van der Waals surface area contributed by atoms with Gasteiger partial charge in [-0.1, -0.05) is 0 Å². The lowest BCUT2D eigenvalue weighted by Gasteiger charge is -2.54. The minimum Gasteiger partial charge on any atom is -0.381 e. The number of anilines is 1. The predicted molar refractivity (Wildman–Crippen MR) is 78.6 cm³/mol. The van der Waals surface area contributed by atoms with Crippen LogP contribution in [0.5, 0.6) is 0 Å².